The lowest BCUT2D eigenvalue weighted by Crippen LogP contribution is -2.33. The van der Waals surface area contributed by atoms with E-state index in [1.807, 2.05) is 40.5 Å². The van der Waals surface area contributed by atoms with Crippen LogP contribution in [-0.2, 0) is 21.5 Å². The first kappa shape index (κ1) is 23.0. The Morgan fingerprint density at radius 1 is 1.31 bits per heavy atom. The molecule has 6 nitrogen and oxygen atoms in total. The summed E-state index contributed by atoms with van der Waals surface area (Å²) in [6.45, 7) is 8.63. The summed E-state index contributed by atoms with van der Waals surface area (Å²) in [4.78, 5) is 17.2. The summed E-state index contributed by atoms with van der Waals surface area (Å²) in [5.41, 5.74) is 3.48. The zero-order chi connectivity index (χ0) is 22.7. The number of carbonyl (C=O) groups excluding carboxylic acids is 1. The molecule has 8 heteroatoms. The first-order valence-corrected chi connectivity index (χ1v) is 12.2. The van der Waals surface area contributed by atoms with Gasteiger partial charge in [-0.2, -0.15) is 5.10 Å². The molecule has 1 aliphatic rings. The number of ether oxygens (including phenoxy) is 1. The molecule has 1 saturated heterocycles. The zero-order valence-electron chi connectivity index (χ0n) is 18.7. The molecule has 0 atom stereocenters. The summed E-state index contributed by atoms with van der Waals surface area (Å²) < 4.78 is 7.39. The van der Waals surface area contributed by atoms with Crippen LogP contribution in [0.15, 0.2) is 35.8 Å². The lowest BCUT2D eigenvalue weighted by atomic mass is 10.0. The highest BCUT2D eigenvalue weighted by molar-refractivity contribution is 7.13. The lowest BCUT2D eigenvalue weighted by Gasteiger charge is -2.23. The summed E-state index contributed by atoms with van der Waals surface area (Å²) in [5.74, 6) is 0.510. The van der Waals surface area contributed by atoms with Gasteiger partial charge in [0.2, 0.25) is 5.91 Å². The average molecular weight is 473 g/mol. The van der Waals surface area contributed by atoms with Crippen molar-refractivity contribution < 1.29 is 9.53 Å². The van der Waals surface area contributed by atoms with Gasteiger partial charge in [0, 0.05) is 35.7 Å². The van der Waals surface area contributed by atoms with Crippen molar-refractivity contribution in [2.75, 3.05) is 19.8 Å². The van der Waals surface area contributed by atoms with Crippen LogP contribution in [-0.4, -0.2) is 40.4 Å². The summed E-state index contributed by atoms with van der Waals surface area (Å²) in [6, 6.07) is 7.79. The molecule has 0 bridgehead atoms. The number of thiazole rings is 1. The van der Waals surface area contributed by atoms with Crippen LogP contribution in [0.5, 0.6) is 0 Å². The molecule has 3 heterocycles. The molecule has 0 saturated carbocycles. The average Bonchev–Trinajstić information content (AvgIpc) is 3.40. The van der Waals surface area contributed by atoms with E-state index in [2.05, 4.69) is 31.2 Å². The smallest absolute Gasteiger partial charge is 0.226 e. The molecule has 0 spiro atoms. The van der Waals surface area contributed by atoms with Crippen LogP contribution in [0.3, 0.4) is 0 Å². The summed E-state index contributed by atoms with van der Waals surface area (Å²) in [5, 5.41) is 11.2. The van der Waals surface area contributed by atoms with E-state index in [1.54, 1.807) is 0 Å². The number of halogens is 1. The number of carbonyl (C=O) groups is 1. The molecule has 0 unspecified atom stereocenters. The molecule has 170 valence electrons. The molecule has 4 rings (SSSR count). The van der Waals surface area contributed by atoms with Crippen LogP contribution in [0.25, 0.3) is 21.8 Å². The Hall–Kier alpha value is -2.22. The van der Waals surface area contributed by atoms with Crippen molar-refractivity contribution in [1.29, 1.82) is 0 Å². The van der Waals surface area contributed by atoms with E-state index in [1.165, 1.54) is 11.3 Å². The highest BCUT2D eigenvalue weighted by atomic mass is 35.5. The molecule has 32 heavy (non-hydrogen) atoms. The second kappa shape index (κ2) is 9.73. The second-order valence-electron chi connectivity index (χ2n) is 9.18. The third-order valence-electron chi connectivity index (χ3n) is 5.56. The molecule has 1 aliphatic heterocycles. The fourth-order valence-electron chi connectivity index (χ4n) is 3.87. The maximum Gasteiger partial charge on any atom is 0.226 e. The normalized spacial score (nSPS) is 15.1. The van der Waals surface area contributed by atoms with Crippen LogP contribution in [0.1, 0.15) is 39.3 Å². The van der Waals surface area contributed by atoms with Crippen molar-refractivity contribution in [3.05, 3.63) is 46.6 Å². The van der Waals surface area contributed by atoms with Gasteiger partial charge in [-0.1, -0.05) is 23.7 Å². The third kappa shape index (κ3) is 5.39. The number of hydrogen-bond acceptors (Lipinski definition) is 5. The summed E-state index contributed by atoms with van der Waals surface area (Å²) in [6.07, 6.45) is 4.14. The van der Waals surface area contributed by atoms with Crippen molar-refractivity contribution in [3.8, 4) is 21.8 Å². The van der Waals surface area contributed by atoms with E-state index in [9.17, 15) is 4.79 Å². The summed E-state index contributed by atoms with van der Waals surface area (Å²) in [7, 11) is 0. The van der Waals surface area contributed by atoms with Crippen LogP contribution in [0.2, 0.25) is 5.02 Å². The SMILES string of the molecule is CC(C)(C)n1ncc(-c2nc(CC(=O)NCC3CCOCC3)cs2)c1-c1cccc(Cl)c1. The molecule has 1 aromatic carbocycles. The van der Waals surface area contributed by atoms with E-state index in [0.717, 1.165) is 53.6 Å². The topological polar surface area (TPSA) is 69.0 Å². The van der Waals surface area contributed by atoms with Gasteiger partial charge in [0.05, 0.1) is 35.1 Å². The van der Waals surface area contributed by atoms with Gasteiger partial charge >= 0.3 is 0 Å². The molecule has 3 aromatic rings. The highest BCUT2D eigenvalue weighted by Crippen LogP contribution is 2.37. The molecule has 1 N–H and O–H groups in total. The van der Waals surface area contributed by atoms with E-state index in [-0.39, 0.29) is 17.9 Å². The van der Waals surface area contributed by atoms with Gasteiger partial charge in [-0.25, -0.2) is 4.98 Å². The van der Waals surface area contributed by atoms with Gasteiger partial charge in [-0.3, -0.25) is 9.48 Å². The Morgan fingerprint density at radius 3 is 2.81 bits per heavy atom. The predicted octanol–water partition coefficient (Wildman–Crippen LogP) is 5.17. The number of rotatable bonds is 6. The monoisotopic (exact) mass is 472 g/mol. The van der Waals surface area contributed by atoms with Gasteiger partial charge in [0.25, 0.3) is 0 Å². The second-order valence-corrected chi connectivity index (χ2v) is 10.5. The minimum Gasteiger partial charge on any atom is -0.381 e. The third-order valence-corrected chi connectivity index (χ3v) is 6.71. The van der Waals surface area contributed by atoms with Gasteiger partial charge < -0.3 is 10.1 Å². The van der Waals surface area contributed by atoms with Gasteiger partial charge in [0.1, 0.15) is 5.01 Å². The quantitative estimate of drug-likeness (QED) is 0.537. The van der Waals surface area contributed by atoms with E-state index in [0.29, 0.717) is 17.5 Å². The van der Waals surface area contributed by atoms with Crippen LogP contribution in [0, 0.1) is 5.92 Å². The predicted molar refractivity (Wildman–Crippen MR) is 129 cm³/mol. The van der Waals surface area contributed by atoms with E-state index < -0.39 is 0 Å². The van der Waals surface area contributed by atoms with Crippen molar-refractivity contribution in [3.63, 3.8) is 0 Å². The van der Waals surface area contributed by atoms with Crippen molar-refractivity contribution in [2.45, 2.75) is 45.6 Å². The van der Waals surface area contributed by atoms with Gasteiger partial charge in [-0.15, -0.1) is 11.3 Å². The lowest BCUT2D eigenvalue weighted by molar-refractivity contribution is -0.120. The summed E-state index contributed by atoms with van der Waals surface area (Å²) >= 11 is 7.81. The fraction of sp³-hybridized carbons (Fsp3) is 0.458. The van der Waals surface area contributed by atoms with Gasteiger partial charge in [0.15, 0.2) is 0 Å². The maximum absolute atomic E-state index is 12.5. The molecular formula is C24H29ClN4O2S. The maximum atomic E-state index is 12.5. The van der Waals surface area contributed by atoms with Crippen molar-refractivity contribution in [1.82, 2.24) is 20.1 Å². The van der Waals surface area contributed by atoms with Crippen LogP contribution >= 0.6 is 22.9 Å². The number of hydrogen-bond donors (Lipinski definition) is 1. The van der Waals surface area contributed by atoms with Gasteiger partial charge in [-0.05, 0) is 51.7 Å². The molecule has 0 aliphatic carbocycles. The van der Waals surface area contributed by atoms with E-state index >= 15 is 0 Å². The number of nitrogens with zero attached hydrogens (tertiary/aromatic N) is 3. The Labute approximate surface area is 198 Å². The van der Waals surface area contributed by atoms with Crippen LogP contribution < -0.4 is 5.32 Å². The first-order chi connectivity index (χ1) is 15.3. The Morgan fingerprint density at radius 2 is 2.09 bits per heavy atom. The highest BCUT2D eigenvalue weighted by Gasteiger charge is 2.24. The number of benzene rings is 1. The first-order valence-electron chi connectivity index (χ1n) is 10.9. The number of nitrogens with one attached hydrogen (secondary N) is 1. The number of amides is 1. The van der Waals surface area contributed by atoms with E-state index in [4.69, 9.17) is 21.3 Å². The largest absolute Gasteiger partial charge is 0.381 e. The molecule has 1 amide bonds. The minimum atomic E-state index is -0.208. The Bertz CT molecular complexity index is 1080. The Balaban J connectivity index is 1.53. The number of aromatic nitrogens is 3. The molecule has 2 aromatic heterocycles. The fourth-order valence-corrected chi connectivity index (χ4v) is 4.89. The van der Waals surface area contributed by atoms with Crippen LogP contribution in [0.4, 0.5) is 0 Å². The Kier molecular flexibility index (Phi) is 6.98. The molecule has 0 radical (unpaired) electrons. The van der Waals surface area contributed by atoms with Crippen molar-refractivity contribution >= 4 is 28.8 Å². The standard InChI is InChI=1S/C24H29ClN4O2S/c1-24(2,3)29-22(17-5-4-6-18(25)11-17)20(14-27-29)23-28-19(15-32-23)12-21(30)26-13-16-7-9-31-10-8-16/h4-6,11,14-16H,7-10,12-13H2,1-3H3,(H,26,30). The minimum absolute atomic E-state index is 0.00814. The van der Waals surface area contributed by atoms with Crippen molar-refractivity contribution in [2.24, 2.45) is 5.92 Å². The zero-order valence-corrected chi connectivity index (χ0v) is 20.3. The molecule has 1 fully saturated rings. The molecular weight excluding hydrogens is 444 g/mol.